The smallest absolute Gasteiger partial charge is 0.226 e. The van der Waals surface area contributed by atoms with E-state index >= 15 is 0 Å². The van der Waals surface area contributed by atoms with Crippen LogP contribution >= 0.6 is 0 Å². The van der Waals surface area contributed by atoms with Crippen LogP contribution in [-0.2, 0) is 4.79 Å². The molecule has 1 saturated heterocycles. The van der Waals surface area contributed by atoms with Crippen molar-refractivity contribution < 1.29 is 4.79 Å². The second-order valence-electron chi connectivity index (χ2n) is 1.87. The molecule has 0 spiro atoms. The van der Waals surface area contributed by atoms with Crippen molar-refractivity contribution in [2.45, 2.75) is 12.8 Å². The van der Waals surface area contributed by atoms with Gasteiger partial charge in [-0.25, -0.2) is 0 Å². The quantitative estimate of drug-likeness (QED) is 0.454. The zero-order valence-electron chi connectivity index (χ0n) is 4.76. The third kappa shape index (κ3) is 1.85. The molecule has 0 bridgehead atoms. The van der Waals surface area contributed by atoms with Crippen molar-refractivity contribution in [3.63, 3.8) is 0 Å². The minimum absolute atomic E-state index is 0. The fourth-order valence-electron chi connectivity index (χ4n) is 0.862. The van der Waals surface area contributed by atoms with Gasteiger partial charge in [0.2, 0.25) is 5.91 Å². The van der Waals surface area contributed by atoms with Gasteiger partial charge in [-0.3, -0.25) is 4.79 Å². The van der Waals surface area contributed by atoms with Crippen LogP contribution in [0.3, 0.4) is 0 Å². The number of hydrogen-bond acceptors (Lipinski definition) is 1. The van der Waals surface area contributed by atoms with E-state index in [0.29, 0.717) is 6.42 Å². The van der Waals surface area contributed by atoms with E-state index in [-0.39, 0.29) is 23.3 Å². The monoisotopic (exact) mass is 141 g/mol. The second kappa shape index (κ2) is 3.71. The molecule has 0 aliphatic carbocycles. The lowest BCUT2D eigenvalue weighted by Gasteiger charge is -2.05. The number of amides is 1. The third-order valence-corrected chi connectivity index (χ3v) is 1.33. The summed E-state index contributed by atoms with van der Waals surface area (Å²) in [5.74, 6) is 0.208. The van der Waals surface area contributed by atoms with Crippen LogP contribution < -0.4 is 0 Å². The van der Waals surface area contributed by atoms with Gasteiger partial charge in [0.25, 0.3) is 0 Å². The Morgan fingerprint density at radius 1 is 1.67 bits per heavy atom. The predicted octanol–water partition coefficient (Wildman–Crippen LogP) is -0.432. The lowest BCUT2D eigenvalue weighted by molar-refractivity contribution is -0.125. The van der Waals surface area contributed by atoms with Gasteiger partial charge in [0.05, 0.1) is 0 Å². The van der Waals surface area contributed by atoms with Crippen LogP contribution in [0.1, 0.15) is 12.8 Å². The first-order valence-corrected chi connectivity index (χ1v) is 2.76. The second-order valence-corrected chi connectivity index (χ2v) is 1.87. The Morgan fingerprint density at radius 3 is 2.56 bits per heavy atom. The standard InChI is InChI=1S/C6H9NO.Al.3H/c1-2-7-5-3-4-6(7)8;;;;/h2H,1,3-5H2;;;;. The molecule has 1 aliphatic heterocycles. The fourth-order valence-corrected chi connectivity index (χ4v) is 0.862. The first kappa shape index (κ1) is 8.74. The Labute approximate surface area is 65.7 Å². The van der Waals surface area contributed by atoms with Crippen LogP contribution in [0.2, 0.25) is 0 Å². The van der Waals surface area contributed by atoms with Crippen LogP contribution in [0.25, 0.3) is 0 Å². The van der Waals surface area contributed by atoms with Crippen molar-refractivity contribution in [2.75, 3.05) is 6.54 Å². The molecule has 1 rings (SSSR count). The molecule has 0 saturated carbocycles. The Morgan fingerprint density at radius 2 is 2.33 bits per heavy atom. The zero-order chi connectivity index (χ0) is 5.98. The summed E-state index contributed by atoms with van der Waals surface area (Å²) in [5, 5.41) is 0. The van der Waals surface area contributed by atoms with Gasteiger partial charge in [0, 0.05) is 13.0 Å². The van der Waals surface area contributed by atoms with E-state index in [1.165, 1.54) is 0 Å². The molecule has 0 radical (unpaired) electrons. The lowest BCUT2D eigenvalue weighted by Crippen LogP contribution is -2.16. The Kier molecular flexibility index (Phi) is 3.60. The highest BCUT2D eigenvalue weighted by atomic mass is 27.0. The zero-order valence-corrected chi connectivity index (χ0v) is 4.76. The van der Waals surface area contributed by atoms with E-state index in [2.05, 4.69) is 6.58 Å². The van der Waals surface area contributed by atoms with E-state index in [1.54, 1.807) is 11.1 Å². The van der Waals surface area contributed by atoms with Gasteiger partial charge in [-0.1, -0.05) is 6.58 Å². The number of likely N-dealkylation sites (tertiary alicyclic amines) is 1. The molecule has 0 aromatic heterocycles. The van der Waals surface area contributed by atoms with Crippen LogP contribution in [0.5, 0.6) is 0 Å². The molecule has 0 unspecified atom stereocenters. The predicted molar refractivity (Wildman–Crippen MR) is 41.1 cm³/mol. The first-order valence-electron chi connectivity index (χ1n) is 2.76. The molecule has 50 valence electrons. The molecule has 1 amide bonds. The van der Waals surface area contributed by atoms with Gasteiger partial charge in [0.1, 0.15) is 0 Å². The minimum Gasteiger partial charge on any atom is -0.320 e. The van der Waals surface area contributed by atoms with Gasteiger partial charge < -0.3 is 4.90 Å². The lowest BCUT2D eigenvalue weighted by atomic mass is 10.4. The summed E-state index contributed by atoms with van der Waals surface area (Å²) >= 11 is 0. The molecule has 0 N–H and O–H groups in total. The molecule has 1 heterocycles. The minimum atomic E-state index is 0. The van der Waals surface area contributed by atoms with Crippen LogP contribution in [0, 0.1) is 0 Å². The molecular weight excluding hydrogens is 129 g/mol. The molecule has 1 aliphatic rings. The van der Waals surface area contributed by atoms with E-state index in [4.69, 9.17) is 0 Å². The number of carbonyl (C=O) groups is 1. The van der Waals surface area contributed by atoms with Crippen molar-refractivity contribution in [1.82, 2.24) is 4.90 Å². The topological polar surface area (TPSA) is 20.3 Å². The molecular formula is C6H12AlNO. The summed E-state index contributed by atoms with van der Waals surface area (Å²) in [7, 11) is 0. The van der Waals surface area contributed by atoms with Crippen molar-refractivity contribution >= 4 is 23.3 Å². The van der Waals surface area contributed by atoms with E-state index in [0.717, 1.165) is 13.0 Å². The maximum absolute atomic E-state index is 10.7. The van der Waals surface area contributed by atoms with Gasteiger partial charge >= 0.3 is 0 Å². The van der Waals surface area contributed by atoms with Crippen molar-refractivity contribution in [1.29, 1.82) is 0 Å². The van der Waals surface area contributed by atoms with Gasteiger partial charge in [0.15, 0.2) is 17.4 Å². The fraction of sp³-hybridized carbons (Fsp3) is 0.500. The van der Waals surface area contributed by atoms with E-state index in [1.807, 2.05) is 0 Å². The summed E-state index contributed by atoms with van der Waals surface area (Å²) in [6.07, 6.45) is 3.28. The largest absolute Gasteiger partial charge is 0.320 e. The normalized spacial score (nSPS) is 17.3. The SMILES string of the molecule is C=CN1CCCC1=O.[AlH3]. The van der Waals surface area contributed by atoms with Gasteiger partial charge in [-0.15, -0.1) is 0 Å². The van der Waals surface area contributed by atoms with E-state index < -0.39 is 0 Å². The van der Waals surface area contributed by atoms with E-state index in [9.17, 15) is 4.79 Å². The number of hydrogen-bond donors (Lipinski definition) is 0. The van der Waals surface area contributed by atoms with Crippen molar-refractivity contribution in [3.05, 3.63) is 12.8 Å². The summed E-state index contributed by atoms with van der Waals surface area (Å²) < 4.78 is 0. The average Bonchev–Trinajstić information content (AvgIpc) is 2.14. The van der Waals surface area contributed by atoms with Crippen LogP contribution in [0.4, 0.5) is 0 Å². The highest BCUT2D eigenvalue weighted by Gasteiger charge is 2.15. The highest BCUT2D eigenvalue weighted by Crippen LogP contribution is 2.08. The molecule has 0 aromatic carbocycles. The summed E-state index contributed by atoms with van der Waals surface area (Å²) in [6, 6.07) is 0. The summed E-state index contributed by atoms with van der Waals surface area (Å²) in [6.45, 7) is 4.36. The van der Waals surface area contributed by atoms with Crippen molar-refractivity contribution in [2.24, 2.45) is 0 Å². The van der Waals surface area contributed by atoms with Gasteiger partial charge in [-0.05, 0) is 12.6 Å². The molecule has 9 heavy (non-hydrogen) atoms. The summed E-state index contributed by atoms with van der Waals surface area (Å²) in [5.41, 5.74) is 0. The highest BCUT2D eigenvalue weighted by molar-refractivity contribution is 5.78. The van der Waals surface area contributed by atoms with Crippen LogP contribution in [-0.4, -0.2) is 34.7 Å². The van der Waals surface area contributed by atoms with Gasteiger partial charge in [-0.2, -0.15) is 0 Å². The number of carbonyl (C=O) groups excluding carboxylic acids is 1. The maximum atomic E-state index is 10.7. The number of rotatable bonds is 1. The first-order chi connectivity index (χ1) is 3.84. The van der Waals surface area contributed by atoms with Crippen molar-refractivity contribution in [3.8, 4) is 0 Å². The summed E-state index contributed by atoms with van der Waals surface area (Å²) in [4.78, 5) is 12.3. The molecule has 0 aromatic rings. The Bertz CT molecular complexity index is 124. The molecule has 1 fully saturated rings. The molecule has 3 heteroatoms. The van der Waals surface area contributed by atoms with Crippen LogP contribution in [0.15, 0.2) is 12.8 Å². The Balaban J connectivity index is 0.000000640. The molecule has 2 nitrogen and oxygen atoms in total. The number of nitrogens with zero attached hydrogens (tertiary/aromatic N) is 1. The Hall–Kier alpha value is -0.258. The third-order valence-electron chi connectivity index (χ3n) is 1.33. The average molecular weight is 141 g/mol. The maximum Gasteiger partial charge on any atom is 0.226 e. The molecule has 0 atom stereocenters.